The molecule has 5 nitrogen and oxygen atoms in total. The lowest BCUT2D eigenvalue weighted by Crippen LogP contribution is -2.29. The first-order chi connectivity index (χ1) is 16.4. The summed E-state index contributed by atoms with van der Waals surface area (Å²) < 4.78 is 12.4. The molecule has 0 aromatic heterocycles. The van der Waals surface area contributed by atoms with Crippen LogP contribution in [0.5, 0.6) is 5.75 Å². The van der Waals surface area contributed by atoms with Crippen LogP contribution >= 0.6 is 51.5 Å². The van der Waals surface area contributed by atoms with E-state index in [1.54, 1.807) is 11.8 Å². The SMILES string of the molecule is CCOC(=O)CCCCCN1C(=O)/C(=C\c2cc(Br)ccc2OCc2ccc(Cl)cc2)SC1=S. The third-order valence-corrected chi connectivity index (χ3v) is 7.13. The second-order valence-corrected chi connectivity index (χ2v) is 10.6. The number of unbranched alkanes of at least 4 members (excludes halogenated alkanes) is 2. The molecule has 1 aliphatic rings. The van der Waals surface area contributed by atoms with E-state index in [0.717, 1.165) is 34.9 Å². The van der Waals surface area contributed by atoms with Crippen molar-refractivity contribution in [3.05, 3.63) is 68.0 Å². The van der Waals surface area contributed by atoms with Crippen LogP contribution in [0.4, 0.5) is 0 Å². The maximum Gasteiger partial charge on any atom is 0.305 e. The number of amides is 1. The molecule has 9 heteroatoms. The predicted molar refractivity (Wildman–Crippen MR) is 145 cm³/mol. The highest BCUT2D eigenvalue weighted by Gasteiger charge is 2.31. The molecule has 0 bridgehead atoms. The van der Waals surface area contributed by atoms with Crippen LogP contribution in [0.25, 0.3) is 6.08 Å². The number of halogens is 2. The Morgan fingerprint density at radius 1 is 1.18 bits per heavy atom. The standard InChI is InChI=1S/C25H25BrClNO4S2/c1-2-31-23(29)6-4-3-5-13-28-24(30)22(34-25(28)33)15-18-14-19(26)9-12-21(18)32-16-17-7-10-20(27)11-8-17/h7-12,14-15H,2-6,13,16H2,1H3/b22-15+. The van der Waals surface area contributed by atoms with Crippen molar-refractivity contribution < 1.29 is 19.1 Å². The van der Waals surface area contributed by atoms with Gasteiger partial charge in [-0.05, 0) is 61.7 Å². The van der Waals surface area contributed by atoms with Crippen molar-refractivity contribution in [3.8, 4) is 5.75 Å². The lowest BCUT2D eigenvalue weighted by molar-refractivity contribution is -0.143. The number of thiocarbonyl (C=S) groups is 1. The molecular weight excluding hydrogens is 558 g/mol. The van der Waals surface area contributed by atoms with Crippen molar-refractivity contribution in [2.75, 3.05) is 13.2 Å². The minimum Gasteiger partial charge on any atom is -0.488 e. The molecule has 0 saturated carbocycles. The first kappa shape index (κ1) is 26.7. The lowest BCUT2D eigenvalue weighted by atomic mass is 10.1. The van der Waals surface area contributed by atoms with Gasteiger partial charge in [0.1, 0.15) is 16.7 Å². The van der Waals surface area contributed by atoms with Gasteiger partial charge in [-0.3, -0.25) is 14.5 Å². The number of hydrogen-bond donors (Lipinski definition) is 0. The Labute approximate surface area is 222 Å². The molecule has 180 valence electrons. The Morgan fingerprint density at radius 3 is 2.68 bits per heavy atom. The molecule has 0 N–H and O–H groups in total. The van der Waals surface area contributed by atoms with Gasteiger partial charge < -0.3 is 9.47 Å². The van der Waals surface area contributed by atoms with E-state index in [4.69, 9.17) is 33.3 Å². The Balaban J connectivity index is 1.62. The van der Waals surface area contributed by atoms with Crippen LogP contribution in [-0.4, -0.2) is 34.2 Å². The van der Waals surface area contributed by atoms with E-state index in [1.165, 1.54) is 11.8 Å². The first-order valence-electron chi connectivity index (χ1n) is 10.9. The van der Waals surface area contributed by atoms with Crippen LogP contribution in [0.15, 0.2) is 51.8 Å². The minimum atomic E-state index is -0.181. The van der Waals surface area contributed by atoms with E-state index in [1.807, 2.05) is 48.5 Å². The Kier molecular flexibility index (Phi) is 10.4. The summed E-state index contributed by atoms with van der Waals surface area (Å²) in [7, 11) is 0. The van der Waals surface area contributed by atoms with Crippen molar-refractivity contribution in [1.82, 2.24) is 4.90 Å². The van der Waals surface area contributed by atoms with E-state index >= 15 is 0 Å². The number of rotatable bonds is 11. The monoisotopic (exact) mass is 581 g/mol. The number of nitrogens with zero attached hydrogens (tertiary/aromatic N) is 1. The largest absolute Gasteiger partial charge is 0.488 e. The summed E-state index contributed by atoms with van der Waals surface area (Å²) >= 11 is 16.2. The molecule has 1 heterocycles. The van der Waals surface area contributed by atoms with Crippen LogP contribution in [0.2, 0.25) is 5.02 Å². The Bertz CT molecular complexity index is 1080. The van der Waals surface area contributed by atoms with Crippen molar-refractivity contribution in [2.45, 2.75) is 39.2 Å². The fourth-order valence-corrected chi connectivity index (χ4v) is 5.09. The third kappa shape index (κ3) is 7.83. The third-order valence-electron chi connectivity index (χ3n) is 5.01. The summed E-state index contributed by atoms with van der Waals surface area (Å²) in [5.74, 6) is 0.380. The number of thioether (sulfide) groups is 1. The zero-order chi connectivity index (χ0) is 24.5. The average molecular weight is 583 g/mol. The molecule has 1 saturated heterocycles. The zero-order valence-electron chi connectivity index (χ0n) is 18.7. The molecule has 1 fully saturated rings. The molecule has 2 aromatic carbocycles. The smallest absolute Gasteiger partial charge is 0.305 e. The van der Waals surface area contributed by atoms with Crippen molar-refractivity contribution in [3.63, 3.8) is 0 Å². The van der Waals surface area contributed by atoms with E-state index in [-0.39, 0.29) is 11.9 Å². The van der Waals surface area contributed by atoms with E-state index < -0.39 is 0 Å². The quantitative estimate of drug-likeness (QED) is 0.123. The molecule has 0 atom stereocenters. The van der Waals surface area contributed by atoms with Gasteiger partial charge in [-0.2, -0.15) is 0 Å². The Morgan fingerprint density at radius 2 is 1.94 bits per heavy atom. The van der Waals surface area contributed by atoms with Gasteiger partial charge in [-0.15, -0.1) is 0 Å². The van der Waals surface area contributed by atoms with Crippen LogP contribution in [0.3, 0.4) is 0 Å². The lowest BCUT2D eigenvalue weighted by Gasteiger charge is -2.14. The molecule has 0 aliphatic carbocycles. The number of carbonyl (C=O) groups excluding carboxylic acids is 2. The van der Waals surface area contributed by atoms with E-state index in [2.05, 4.69) is 15.9 Å². The van der Waals surface area contributed by atoms with Gasteiger partial charge in [0.2, 0.25) is 0 Å². The summed E-state index contributed by atoms with van der Waals surface area (Å²) in [6.07, 6.45) is 4.54. The topological polar surface area (TPSA) is 55.8 Å². The van der Waals surface area contributed by atoms with Gasteiger partial charge in [0, 0.05) is 28.0 Å². The average Bonchev–Trinajstić information content (AvgIpc) is 3.07. The molecule has 3 rings (SSSR count). The number of carbonyl (C=O) groups is 2. The van der Waals surface area contributed by atoms with Gasteiger partial charge in [-0.25, -0.2) is 0 Å². The number of esters is 1. The highest BCUT2D eigenvalue weighted by atomic mass is 79.9. The predicted octanol–water partition coefficient (Wildman–Crippen LogP) is 7.01. The van der Waals surface area contributed by atoms with Crippen molar-refractivity contribution >= 4 is 73.8 Å². The second-order valence-electron chi connectivity index (χ2n) is 7.55. The van der Waals surface area contributed by atoms with Gasteiger partial charge >= 0.3 is 5.97 Å². The summed E-state index contributed by atoms with van der Waals surface area (Å²) in [5, 5.41) is 0.675. The summed E-state index contributed by atoms with van der Waals surface area (Å²) in [5.41, 5.74) is 1.78. The normalized spacial score (nSPS) is 14.7. The molecule has 34 heavy (non-hydrogen) atoms. The molecule has 1 aliphatic heterocycles. The molecule has 0 unspecified atom stereocenters. The number of hydrogen-bond acceptors (Lipinski definition) is 6. The molecular formula is C25H25BrClNO4S2. The van der Waals surface area contributed by atoms with Gasteiger partial charge in [0.25, 0.3) is 5.91 Å². The molecule has 0 radical (unpaired) electrons. The van der Waals surface area contributed by atoms with Crippen LogP contribution in [0, 0.1) is 0 Å². The summed E-state index contributed by atoms with van der Waals surface area (Å²) in [6, 6.07) is 13.2. The maximum atomic E-state index is 13.0. The number of benzene rings is 2. The van der Waals surface area contributed by atoms with Crippen LogP contribution < -0.4 is 4.74 Å². The van der Waals surface area contributed by atoms with Crippen molar-refractivity contribution in [1.29, 1.82) is 0 Å². The fraction of sp³-hybridized carbons (Fsp3) is 0.320. The van der Waals surface area contributed by atoms with Crippen LogP contribution in [0.1, 0.15) is 43.7 Å². The maximum absolute atomic E-state index is 13.0. The van der Waals surface area contributed by atoms with E-state index in [9.17, 15) is 9.59 Å². The second kappa shape index (κ2) is 13.3. The van der Waals surface area contributed by atoms with Crippen molar-refractivity contribution in [2.24, 2.45) is 0 Å². The van der Waals surface area contributed by atoms with Gasteiger partial charge in [0.15, 0.2) is 0 Å². The number of ether oxygens (including phenoxy) is 2. The molecule has 2 aromatic rings. The highest BCUT2D eigenvalue weighted by Crippen LogP contribution is 2.35. The molecule has 0 spiro atoms. The summed E-state index contributed by atoms with van der Waals surface area (Å²) in [6.45, 7) is 3.10. The summed E-state index contributed by atoms with van der Waals surface area (Å²) in [4.78, 5) is 26.6. The van der Waals surface area contributed by atoms with E-state index in [0.29, 0.717) is 46.2 Å². The first-order valence-corrected chi connectivity index (χ1v) is 13.3. The van der Waals surface area contributed by atoms with Gasteiger partial charge in [0.05, 0.1) is 11.5 Å². The van der Waals surface area contributed by atoms with Crippen LogP contribution in [-0.2, 0) is 20.9 Å². The van der Waals surface area contributed by atoms with Gasteiger partial charge in [-0.1, -0.05) is 70.1 Å². The Hall–Kier alpha value is -1.87. The minimum absolute atomic E-state index is 0.107. The fourth-order valence-electron chi connectivity index (χ4n) is 3.29. The molecule has 1 amide bonds. The zero-order valence-corrected chi connectivity index (χ0v) is 22.7. The highest BCUT2D eigenvalue weighted by molar-refractivity contribution is 9.10.